The monoisotopic (exact) mass is 495 g/mol. The van der Waals surface area contributed by atoms with Gasteiger partial charge in [0.25, 0.3) is 5.56 Å². The molecule has 1 heterocycles. The third kappa shape index (κ3) is 4.88. The third-order valence-corrected chi connectivity index (χ3v) is 6.35. The number of anilines is 1. The Hall–Kier alpha value is -3.49. The van der Waals surface area contributed by atoms with Gasteiger partial charge < -0.3 is 14.8 Å². The molecule has 0 aliphatic heterocycles. The predicted molar refractivity (Wildman–Crippen MR) is 136 cm³/mol. The number of nitrogens with zero attached hydrogens (tertiary/aromatic N) is 2. The lowest BCUT2D eigenvalue weighted by Crippen LogP contribution is -2.23. The third-order valence-electron chi connectivity index (χ3n) is 5.12. The van der Waals surface area contributed by atoms with E-state index in [0.717, 1.165) is 5.56 Å². The van der Waals surface area contributed by atoms with Gasteiger partial charge in [0.2, 0.25) is 5.91 Å². The van der Waals surface area contributed by atoms with E-state index in [1.54, 1.807) is 30.3 Å². The second-order valence-electron chi connectivity index (χ2n) is 7.41. The van der Waals surface area contributed by atoms with E-state index in [4.69, 9.17) is 21.1 Å². The van der Waals surface area contributed by atoms with Crippen LogP contribution < -0.4 is 20.3 Å². The van der Waals surface area contributed by atoms with Crippen LogP contribution in [0.4, 0.5) is 5.69 Å². The van der Waals surface area contributed by atoms with Gasteiger partial charge in [0.15, 0.2) is 5.16 Å². The zero-order valence-corrected chi connectivity index (χ0v) is 20.4. The highest BCUT2D eigenvalue weighted by Crippen LogP contribution is 2.36. The van der Waals surface area contributed by atoms with Crippen molar-refractivity contribution in [3.8, 4) is 17.2 Å². The lowest BCUT2D eigenvalue weighted by atomic mass is 10.2. The van der Waals surface area contributed by atoms with Crippen LogP contribution in [0.5, 0.6) is 11.5 Å². The summed E-state index contributed by atoms with van der Waals surface area (Å²) >= 11 is 7.31. The molecule has 0 radical (unpaired) electrons. The lowest BCUT2D eigenvalue weighted by Gasteiger charge is -2.15. The molecule has 1 aromatic heterocycles. The second-order valence-corrected chi connectivity index (χ2v) is 8.76. The summed E-state index contributed by atoms with van der Waals surface area (Å²) in [5, 5.41) is 4.11. The first-order valence-corrected chi connectivity index (χ1v) is 11.7. The van der Waals surface area contributed by atoms with Crippen LogP contribution in [0.25, 0.3) is 16.6 Å². The largest absolute Gasteiger partial charge is 0.495 e. The van der Waals surface area contributed by atoms with E-state index in [0.29, 0.717) is 44.0 Å². The molecule has 7 nitrogen and oxygen atoms in total. The molecule has 0 atom stereocenters. The first-order valence-electron chi connectivity index (χ1n) is 10.3. The van der Waals surface area contributed by atoms with E-state index in [-0.39, 0.29) is 17.2 Å². The fourth-order valence-corrected chi connectivity index (χ4v) is 4.45. The van der Waals surface area contributed by atoms with Crippen LogP contribution in [0, 0.1) is 6.92 Å². The minimum atomic E-state index is -0.300. The SMILES string of the molecule is COc1cc(NC(=O)CSc2nc3ccccc3c(=O)n2-c2ccc(C)cc2)c(OC)cc1Cl. The number of carbonyl (C=O) groups is 1. The number of aromatic nitrogens is 2. The van der Waals surface area contributed by atoms with Gasteiger partial charge in [-0.3, -0.25) is 14.2 Å². The Balaban J connectivity index is 1.65. The number of carbonyl (C=O) groups excluding carboxylic acids is 1. The van der Waals surface area contributed by atoms with Crippen molar-refractivity contribution in [1.82, 2.24) is 9.55 Å². The lowest BCUT2D eigenvalue weighted by molar-refractivity contribution is -0.113. The number of methoxy groups -OCH3 is 2. The van der Waals surface area contributed by atoms with Crippen LogP contribution >= 0.6 is 23.4 Å². The quantitative estimate of drug-likeness (QED) is 0.284. The van der Waals surface area contributed by atoms with Crippen LogP contribution in [-0.2, 0) is 4.79 Å². The zero-order valence-electron chi connectivity index (χ0n) is 18.8. The molecule has 0 aliphatic rings. The first kappa shape index (κ1) is 23.7. The average molecular weight is 496 g/mol. The topological polar surface area (TPSA) is 82.5 Å². The number of amides is 1. The van der Waals surface area contributed by atoms with Crippen molar-refractivity contribution in [2.75, 3.05) is 25.3 Å². The summed E-state index contributed by atoms with van der Waals surface area (Å²) in [6.45, 7) is 1.98. The van der Waals surface area contributed by atoms with Crippen molar-refractivity contribution in [2.24, 2.45) is 0 Å². The molecule has 174 valence electrons. The van der Waals surface area contributed by atoms with E-state index in [1.807, 2.05) is 37.3 Å². The number of hydrogen-bond donors (Lipinski definition) is 1. The number of hydrogen-bond acceptors (Lipinski definition) is 6. The number of thioether (sulfide) groups is 1. The second kappa shape index (κ2) is 10.2. The maximum Gasteiger partial charge on any atom is 0.266 e. The van der Waals surface area contributed by atoms with Crippen LogP contribution in [0.1, 0.15) is 5.56 Å². The number of nitrogens with one attached hydrogen (secondary N) is 1. The van der Waals surface area contributed by atoms with E-state index in [1.165, 1.54) is 30.5 Å². The molecule has 0 saturated heterocycles. The van der Waals surface area contributed by atoms with Crippen molar-refractivity contribution in [3.05, 3.63) is 81.6 Å². The minimum Gasteiger partial charge on any atom is -0.495 e. The number of fused-ring (bicyclic) bond motifs is 1. The van der Waals surface area contributed by atoms with Crippen LogP contribution in [-0.4, -0.2) is 35.4 Å². The maximum atomic E-state index is 13.3. The van der Waals surface area contributed by atoms with Crippen molar-refractivity contribution in [3.63, 3.8) is 0 Å². The average Bonchev–Trinajstić information content (AvgIpc) is 2.84. The van der Waals surface area contributed by atoms with Gasteiger partial charge in [-0.1, -0.05) is 53.2 Å². The van der Waals surface area contributed by atoms with Crippen molar-refractivity contribution < 1.29 is 14.3 Å². The van der Waals surface area contributed by atoms with Gasteiger partial charge in [-0.05, 0) is 31.2 Å². The fraction of sp³-hybridized carbons (Fsp3) is 0.160. The summed E-state index contributed by atoms with van der Waals surface area (Å²) in [5.74, 6) is 0.537. The zero-order chi connectivity index (χ0) is 24.2. The maximum absolute atomic E-state index is 13.3. The van der Waals surface area contributed by atoms with Gasteiger partial charge in [0, 0.05) is 12.1 Å². The molecule has 1 N–H and O–H groups in total. The van der Waals surface area contributed by atoms with Crippen LogP contribution in [0.2, 0.25) is 5.02 Å². The molecule has 4 rings (SSSR count). The molecule has 0 fully saturated rings. The fourth-order valence-electron chi connectivity index (χ4n) is 3.41. The molecule has 3 aromatic carbocycles. The first-order chi connectivity index (χ1) is 16.4. The minimum absolute atomic E-state index is 0.0186. The highest BCUT2D eigenvalue weighted by Gasteiger charge is 2.17. The Bertz CT molecular complexity index is 1420. The Kier molecular flexibility index (Phi) is 7.09. The van der Waals surface area contributed by atoms with Gasteiger partial charge in [0.1, 0.15) is 11.5 Å². The summed E-state index contributed by atoms with van der Waals surface area (Å²) in [5.41, 5.74) is 2.56. The van der Waals surface area contributed by atoms with Crippen molar-refractivity contribution in [1.29, 1.82) is 0 Å². The smallest absolute Gasteiger partial charge is 0.266 e. The number of aryl methyl sites for hydroxylation is 1. The Morgan fingerprint density at radius 3 is 2.47 bits per heavy atom. The Morgan fingerprint density at radius 2 is 1.76 bits per heavy atom. The molecule has 1 amide bonds. The number of benzene rings is 3. The highest BCUT2D eigenvalue weighted by atomic mass is 35.5. The predicted octanol–water partition coefficient (Wildman–Crippen LogP) is 5.10. The molecule has 9 heteroatoms. The standard InChI is InChI=1S/C25H22ClN3O4S/c1-15-8-10-16(11-9-15)29-24(31)17-6-4-5-7-19(17)28-25(29)34-14-23(30)27-20-13-21(32-2)18(26)12-22(20)33-3/h4-13H,14H2,1-3H3,(H,27,30). The van der Waals surface area contributed by atoms with E-state index in [2.05, 4.69) is 10.3 Å². The van der Waals surface area contributed by atoms with Gasteiger partial charge >= 0.3 is 0 Å². The van der Waals surface area contributed by atoms with Gasteiger partial charge in [0.05, 0.1) is 47.3 Å². The molecule has 0 bridgehead atoms. The molecule has 0 saturated carbocycles. The summed E-state index contributed by atoms with van der Waals surface area (Å²) in [4.78, 5) is 30.8. The van der Waals surface area contributed by atoms with E-state index in [9.17, 15) is 9.59 Å². The summed E-state index contributed by atoms with van der Waals surface area (Å²) in [6, 6.07) is 17.9. The van der Waals surface area contributed by atoms with E-state index < -0.39 is 0 Å². The van der Waals surface area contributed by atoms with Crippen molar-refractivity contribution in [2.45, 2.75) is 12.1 Å². The summed E-state index contributed by atoms with van der Waals surface area (Å²) in [7, 11) is 2.98. The highest BCUT2D eigenvalue weighted by molar-refractivity contribution is 7.99. The number of halogens is 1. The van der Waals surface area contributed by atoms with Crippen LogP contribution in [0.15, 0.2) is 70.6 Å². The summed E-state index contributed by atoms with van der Waals surface area (Å²) < 4.78 is 12.1. The van der Waals surface area contributed by atoms with Gasteiger partial charge in [-0.2, -0.15) is 0 Å². The van der Waals surface area contributed by atoms with Gasteiger partial charge in [-0.25, -0.2) is 4.98 Å². The summed E-state index contributed by atoms with van der Waals surface area (Å²) in [6.07, 6.45) is 0. The van der Waals surface area contributed by atoms with Crippen molar-refractivity contribution >= 4 is 45.9 Å². The Morgan fingerprint density at radius 1 is 1.06 bits per heavy atom. The normalized spacial score (nSPS) is 10.8. The van der Waals surface area contributed by atoms with Crippen LogP contribution in [0.3, 0.4) is 0 Å². The molecular formula is C25H22ClN3O4S. The van der Waals surface area contributed by atoms with Gasteiger partial charge in [-0.15, -0.1) is 0 Å². The molecular weight excluding hydrogens is 474 g/mol. The molecule has 34 heavy (non-hydrogen) atoms. The molecule has 0 aliphatic carbocycles. The molecule has 4 aromatic rings. The number of rotatable bonds is 7. The Labute approximate surface area is 205 Å². The molecule has 0 spiro atoms. The number of para-hydroxylation sites is 1. The van der Waals surface area contributed by atoms with E-state index >= 15 is 0 Å². The molecule has 0 unspecified atom stereocenters. The number of ether oxygens (including phenoxy) is 2.